The minimum Gasteiger partial charge on any atom is -0.322 e. The van der Waals surface area contributed by atoms with Crippen LogP contribution in [0, 0.1) is 11.8 Å². The molecular weight excluding hydrogens is 198 g/mol. The lowest BCUT2D eigenvalue weighted by Gasteiger charge is -2.14. The molecule has 1 aliphatic rings. The fourth-order valence-electron chi connectivity index (χ4n) is 2.53. The van der Waals surface area contributed by atoms with Gasteiger partial charge in [-0.25, -0.2) is 0 Å². The number of aromatic nitrogens is 1. The fraction of sp³-hybridized carbons (Fsp3) is 0.500. The first-order valence-corrected chi connectivity index (χ1v) is 5.96. The summed E-state index contributed by atoms with van der Waals surface area (Å²) in [6, 6.07) is 3.59. The third kappa shape index (κ3) is 1.73. The van der Waals surface area contributed by atoms with E-state index in [-0.39, 0.29) is 5.56 Å². The van der Waals surface area contributed by atoms with Crippen LogP contribution in [0.3, 0.4) is 0 Å². The summed E-state index contributed by atoms with van der Waals surface area (Å²) in [7, 11) is 0. The van der Waals surface area contributed by atoms with E-state index >= 15 is 0 Å². The molecule has 0 saturated carbocycles. The molecule has 1 heterocycles. The number of hydrogen-bond acceptors (Lipinski definition) is 1. The standard InChI is InChI=1S/C14H19NO/c1-8(2)11-7-10-5-6-12(16)15-14(10)13(11)9(3)4/h5-6,8-9H,7H2,1-4H3,(H,15,16). The number of fused-ring (bicyclic) bond motifs is 1. The van der Waals surface area contributed by atoms with Crippen molar-refractivity contribution in [1.82, 2.24) is 4.98 Å². The number of hydrogen-bond donors (Lipinski definition) is 1. The third-order valence-electron chi connectivity index (χ3n) is 3.28. The second-order valence-electron chi connectivity index (χ2n) is 5.15. The molecule has 0 spiro atoms. The van der Waals surface area contributed by atoms with E-state index in [4.69, 9.17) is 0 Å². The molecule has 0 bridgehead atoms. The molecule has 16 heavy (non-hydrogen) atoms. The molecule has 2 rings (SSSR count). The van der Waals surface area contributed by atoms with Gasteiger partial charge in [0, 0.05) is 11.8 Å². The predicted octanol–water partition coefficient (Wildman–Crippen LogP) is 3.00. The highest BCUT2D eigenvalue weighted by molar-refractivity contribution is 5.75. The SMILES string of the molecule is CC(C)C1=C(C(C)C)c2[nH]c(=O)ccc2C1. The molecule has 1 aromatic heterocycles. The first-order valence-electron chi connectivity index (χ1n) is 5.96. The maximum Gasteiger partial charge on any atom is 0.248 e. The van der Waals surface area contributed by atoms with Crippen LogP contribution in [0.5, 0.6) is 0 Å². The van der Waals surface area contributed by atoms with Crippen molar-refractivity contribution in [3.8, 4) is 0 Å². The Kier molecular flexibility index (Phi) is 2.75. The maximum atomic E-state index is 11.4. The molecule has 0 fully saturated rings. The number of pyridine rings is 1. The molecule has 0 unspecified atom stereocenters. The minimum absolute atomic E-state index is 0.00176. The van der Waals surface area contributed by atoms with Crippen molar-refractivity contribution in [2.75, 3.05) is 0 Å². The van der Waals surface area contributed by atoms with Gasteiger partial charge in [0.15, 0.2) is 0 Å². The van der Waals surface area contributed by atoms with Crippen LogP contribution in [0.1, 0.15) is 39.0 Å². The average Bonchev–Trinajstić information content (AvgIpc) is 2.55. The summed E-state index contributed by atoms with van der Waals surface area (Å²) in [5, 5.41) is 0. The molecule has 1 N–H and O–H groups in total. The van der Waals surface area contributed by atoms with Crippen molar-refractivity contribution < 1.29 is 0 Å². The molecule has 1 aromatic rings. The monoisotopic (exact) mass is 217 g/mol. The Labute approximate surface area is 96.4 Å². The van der Waals surface area contributed by atoms with Crippen LogP contribution in [0.4, 0.5) is 0 Å². The topological polar surface area (TPSA) is 32.9 Å². The minimum atomic E-state index is 0.00176. The Morgan fingerprint density at radius 3 is 2.38 bits per heavy atom. The van der Waals surface area contributed by atoms with Gasteiger partial charge in [-0.3, -0.25) is 4.79 Å². The molecule has 0 radical (unpaired) electrons. The van der Waals surface area contributed by atoms with Gasteiger partial charge in [-0.15, -0.1) is 0 Å². The zero-order valence-corrected chi connectivity index (χ0v) is 10.4. The van der Waals surface area contributed by atoms with Crippen molar-refractivity contribution in [3.05, 3.63) is 39.3 Å². The summed E-state index contributed by atoms with van der Waals surface area (Å²) < 4.78 is 0. The smallest absolute Gasteiger partial charge is 0.248 e. The van der Waals surface area contributed by atoms with E-state index in [0.717, 1.165) is 12.1 Å². The van der Waals surface area contributed by atoms with Gasteiger partial charge in [0.25, 0.3) is 0 Å². The van der Waals surface area contributed by atoms with Crippen LogP contribution in [0.25, 0.3) is 5.57 Å². The van der Waals surface area contributed by atoms with Gasteiger partial charge < -0.3 is 4.98 Å². The quantitative estimate of drug-likeness (QED) is 0.811. The molecule has 0 aliphatic heterocycles. The molecule has 1 aliphatic carbocycles. The lowest BCUT2D eigenvalue weighted by Crippen LogP contribution is -2.08. The Balaban J connectivity index is 2.61. The second kappa shape index (κ2) is 3.93. The van der Waals surface area contributed by atoms with Gasteiger partial charge in [0.2, 0.25) is 5.56 Å². The summed E-state index contributed by atoms with van der Waals surface area (Å²) in [5.74, 6) is 1.02. The number of H-pyrrole nitrogens is 1. The number of aromatic amines is 1. The summed E-state index contributed by atoms with van der Waals surface area (Å²) in [4.78, 5) is 14.4. The first-order chi connectivity index (χ1) is 7.50. The summed E-state index contributed by atoms with van der Waals surface area (Å²) in [5.41, 5.74) is 5.18. The van der Waals surface area contributed by atoms with E-state index in [1.165, 1.54) is 16.7 Å². The van der Waals surface area contributed by atoms with Crippen LogP contribution in [-0.2, 0) is 6.42 Å². The molecule has 2 nitrogen and oxygen atoms in total. The summed E-state index contributed by atoms with van der Waals surface area (Å²) >= 11 is 0. The Morgan fingerprint density at radius 2 is 1.81 bits per heavy atom. The number of nitrogens with one attached hydrogen (secondary N) is 1. The van der Waals surface area contributed by atoms with Gasteiger partial charge in [-0.1, -0.05) is 39.3 Å². The lowest BCUT2D eigenvalue weighted by atomic mass is 9.92. The zero-order chi connectivity index (χ0) is 11.9. The van der Waals surface area contributed by atoms with Gasteiger partial charge >= 0.3 is 0 Å². The van der Waals surface area contributed by atoms with Crippen molar-refractivity contribution in [1.29, 1.82) is 0 Å². The van der Waals surface area contributed by atoms with Gasteiger partial charge in [-0.05, 0) is 29.4 Å². The molecular formula is C14H19NO. The van der Waals surface area contributed by atoms with E-state index in [1.807, 2.05) is 6.07 Å². The van der Waals surface area contributed by atoms with Crippen molar-refractivity contribution in [2.24, 2.45) is 11.8 Å². The molecule has 0 amide bonds. The maximum absolute atomic E-state index is 11.4. The molecule has 0 aromatic carbocycles. The molecule has 0 atom stereocenters. The van der Waals surface area contributed by atoms with Crippen LogP contribution in [0.15, 0.2) is 22.5 Å². The second-order valence-corrected chi connectivity index (χ2v) is 5.15. The highest BCUT2D eigenvalue weighted by Crippen LogP contribution is 2.38. The van der Waals surface area contributed by atoms with Gasteiger partial charge in [-0.2, -0.15) is 0 Å². The normalized spacial score (nSPS) is 15.1. The largest absolute Gasteiger partial charge is 0.322 e. The molecule has 86 valence electrons. The number of rotatable bonds is 2. The summed E-state index contributed by atoms with van der Waals surface area (Å²) in [6.07, 6.45) is 0.997. The van der Waals surface area contributed by atoms with E-state index in [2.05, 4.69) is 32.7 Å². The first kappa shape index (κ1) is 11.2. The van der Waals surface area contributed by atoms with Crippen molar-refractivity contribution in [3.63, 3.8) is 0 Å². The zero-order valence-electron chi connectivity index (χ0n) is 10.4. The Morgan fingerprint density at radius 1 is 1.12 bits per heavy atom. The van der Waals surface area contributed by atoms with E-state index in [9.17, 15) is 4.79 Å². The fourth-order valence-corrected chi connectivity index (χ4v) is 2.53. The van der Waals surface area contributed by atoms with Gasteiger partial charge in [0.05, 0.1) is 0 Å². The van der Waals surface area contributed by atoms with Crippen molar-refractivity contribution >= 4 is 5.57 Å². The van der Waals surface area contributed by atoms with Crippen LogP contribution >= 0.6 is 0 Å². The Hall–Kier alpha value is -1.31. The predicted molar refractivity (Wildman–Crippen MR) is 67.4 cm³/mol. The van der Waals surface area contributed by atoms with Crippen LogP contribution in [0.2, 0.25) is 0 Å². The van der Waals surface area contributed by atoms with Gasteiger partial charge in [0.1, 0.15) is 0 Å². The van der Waals surface area contributed by atoms with Crippen LogP contribution in [-0.4, -0.2) is 4.98 Å². The van der Waals surface area contributed by atoms with Crippen molar-refractivity contribution in [2.45, 2.75) is 34.1 Å². The number of allylic oxidation sites excluding steroid dienone is 2. The lowest BCUT2D eigenvalue weighted by molar-refractivity contribution is 0.734. The van der Waals surface area contributed by atoms with Crippen LogP contribution < -0.4 is 5.56 Å². The van der Waals surface area contributed by atoms with E-state index in [0.29, 0.717) is 11.8 Å². The molecule has 0 saturated heterocycles. The third-order valence-corrected chi connectivity index (χ3v) is 3.28. The molecule has 2 heteroatoms. The van der Waals surface area contributed by atoms with E-state index < -0.39 is 0 Å². The summed E-state index contributed by atoms with van der Waals surface area (Å²) in [6.45, 7) is 8.83. The average molecular weight is 217 g/mol. The Bertz CT molecular complexity index is 492. The van der Waals surface area contributed by atoms with E-state index in [1.54, 1.807) is 6.07 Å². The highest BCUT2D eigenvalue weighted by Gasteiger charge is 2.25. The highest BCUT2D eigenvalue weighted by atomic mass is 16.1.